The third-order valence-electron chi connectivity index (χ3n) is 4.93. The van der Waals surface area contributed by atoms with Gasteiger partial charge in [0.15, 0.2) is 0 Å². The standard InChI is InChI=1S/C21H20NO3P/c1-12-4-8-14(9-5-12)16-17(15-10-6-13(2)7-11-15)20-19(25-3)21(18(16)22)26(20,23)24/h4-11H,22H2,1-3H3,(H,23,24). The van der Waals surface area contributed by atoms with Crippen molar-refractivity contribution in [2.75, 3.05) is 12.8 Å². The molecule has 1 unspecified atom stereocenters. The molecule has 3 N–H and O–H groups in total. The van der Waals surface area contributed by atoms with Crippen molar-refractivity contribution < 1.29 is 14.2 Å². The number of rotatable bonds is 3. The molecule has 132 valence electrons. The minimum absolute atomic E-state index is 0.237. The van der Waals surface area contributed by atoms with E-state index in [0.29, 0.717) is 22.3 Å². The molecule has 0 spiro atoms. The van der Waals surface area contributed by atoms with Crippen molar-refractivity contribution >= 4 is 23.7 Å². The Morgan fingerprint density at radius 2 is 1.31 bits per heavy atom. The van der Waals surface area contributed by atoms with Crippen LogP contribution in [-0.4, -0.2) is 12.0 Å². The minimum Gasteiger partial charge on any atom is -0.495 e. The van der Waals surface area contributed by atoms with Gasteiger partial charge in [-0.3, -0.25) is 4.57 Å². The van der Waals surface area contributed by atoms with E-state index in [1.54, 1.807) is 0 Å². The van der Waals surface area contributed by atoms with Crippen LogP contribution in [0.5, 0.6) is 5.75 Å². The number of methoxy groups -OCH3 is 1. The largest absolute Gasteiger partial charge is 0.495 e. The maximum absolute atomic E-state index is 12.9. The molecule has 0 amide bonds. The van der Waals surface area contributed by atoms with Gasteiger partial charge >= 0.3 is 0 Å². The Bertz CT molecular complexity index is 1070. The molecule has 5 rings (SSSR count). The molecule has 4 nitrogen and oxygen atoms in total. The molecular weight excluding hydrogens is 345 g/mol. The summed E-state index contributed by atoms with van der Waals surface area (Å²) in [6, 6.07) is 15.9. The van der Waals surface area contributed by atoms with E-state index in [9.17, 15) is 9.46 Å². The molecule has 2 aliphatic heterocycles. The van der Waals surface area contributed by atoms with Crippen molar-refractivity contribution in [3.63, 3.8) is 0 Å². The van der Waals surface area contributed by atoms with E-state index >= 15 is 0 Å². The molecular formula is C21H20NO3P. The van der Waals surface area contributed by atoms with Crippen molar-refractivity contribution in [1.82, 2.24) is 0 Å². The van der Waals surface area contributed by atoms with Gasteiger partial charge in [0.05, 0.1) is 18.1 Å². The summed E-state index contributed by atoms with van der Waals surface area (Å²) in [6.45, 7) is 4.03. The summed E-state index contributed by atoms with van der Waals surface area (Å²) in [4.78, 5) is 10.6. The lowest BCUT2D eigenvalue weighted by molar-refractivity contribution is 0.412. The van der Waals surface area contributed by atoms with E-state index in [2.05, 4.69) is 0 Å². The first-order chi connectivity index (χ1) is 12.4. The summed E-state index contributed by atoms with van der Waals surface area (Å²) in [5, 5.41) is 0.602. The highest BCUT2D eigenvalue weighted by Crippen LogP contribution is 2.60. The quantitative estimate of drug-likeness (QED) is 0.548. The molecule has 2 aliphatic rings. The SMILES string of the molecule is COc1c2c(N)c(-c3ccc(C)cc3)c(-c3ccc(C)cc3)c1P2(=O)O. The summed E-state index contributed by atoms with van der Waals surface area (Å²) < 4.78 is 18.3. The first kappa shape index (κ1) is 16.9. The second-order valence-electron chi connectivity index (χ2n) is 6.70. The van der Waals surface area contributed by atoms with E-state index < -0.39 is 7.37 Å². The van der Waals surface area contributed by atoms with Crippen LogP contribution in [0.1, 0.15) is 11.1 Å². The number of hydrogen-bond acceptors (Lipinski definition) is 3. The van der Waals surface area contributed by atoms with Crippen molar-refractivity contribution in [2.24, 2.45) is 0 Å². The number of fused-ring (bicyclic) bond motifs is 2. The lowest BCUT2D eigenvalue weighted by Crippen LogP contribution is -2.37. The summed E-state index contributed by atoms with van der Waals surface area (Å²) in [7, 11) is -2.15. The van der Waals surface area contributed by atoms with Crippen molar-refractivity contribution in [3.05, 3.63) is 59.7 Å². The number of nitrogen functional groups attached to an aromatic ring is 1. The number of nitrogens with two attached hydrogens (primary N) is 1. The lowest BCUT2D eigenvalue weighted by atomic mass is 9.91. The second kappa shape index (κ2) is 5.73. The van der Waals surface area contributed by atoms with E-state index in [-0.39, 0.29) is 5.30 Å². The van der Waals surface area contributed by atoms with Crippen LogP contribution in [0.3, 0.4) is 0 Å². The first-order valence-electron chi connectivity index (χ1n) is 8.37. The molecule has 0 saturated heterocycles. The Labute approximate surface area is 152 Å². The van der Waals surface area contributed by atoms with Crippen molar-refractivity contribution in [1.29, 1.82) is 0 Å². The molecule has 0 radical (unpaired) electrons. The van der Waals surface area contributed by atoms with Crippen molar-refractivity contribution in [3.8, 4) is 28.0 Å². The van der Waals surface area contributed by atoms with Gasteiger partial charge < -0.3 is 15.4 Å². The smallest absolute Gasteiger partial charge is 0.268 e. The minimum atomic E-state index is -3.66. The van der Waals surface area contributed by atoms with Gasteiger partial charge in [-0.2, -0.15) is 0 Å². The molecule has 2 bridgehead atoms. The maximum atomic E-state index is 12.9. The summed E-state index contributed by atoms with van der Waals surface area (Å²) in [5.74, 6) is 0.430. The fraction of sp³-hybridized carbons (Fsp3) is 0.143. The summed E-state index contributed by atoms with van der Waals surface area (Å²) in [5.41, 5.74) is 12.2. The average molecular weight is 365 g/mol. The highest BCUT2D eigenvalue weighted by atomic mass is 31.2. The Morgan fingerprint density at radius 1 is 0.846 bits per heavy atom. The van der Waals surface area contributed by atoms with Crippen LogP contribution in [0.2, 0.25) is 0 Å². The van der Waals surface area contributed by atoms with E-state index in [1.807, 2.05) is 62.4 Å². The molecule has 3 aromatic rings. The normalized spacial score (nSPS) is 17.7. The van der Waals surface area contributed by atoms with Gasteiger partial charge in [-0.05, 0) is 25.0 Å². The van der Waals surface area contributed by atoms with Crippen LogP contribution >= 0.6 is 7.37 Å². The number of hydrogen-bond donors (Lipinski definition) is 2. The molecule has 0 saturated carbocycles. The van der Waals surface area contributed by atoms with E-state index in [4.69, 9.17) is 10.5 Å². The zero-order valence-electron chi connectivity index (χ0n) is 14.9. The number of benzene rings is 3. The fourth-order valence-corrected chi connectivity index (χ4v) is 5.58. The Hall–Kier alpha value is -2.55. The molecule has 26 heavy (non-hydrogen) atoms. The Balaban J connectivity index is 2.10. The van der Waals surface area contributed by atoms with Crippen LogP contribution in [0.15, 0.2) is 48.5 Å². The van der Waals surface area contributed by atoms with Crippen LogP contribution in [0.4, 0.5) is 5.69 Å². The van der Waals surface area contributed by atoms with Gasteiger partial charge in [0.2, 0.25) is 0 Å². The maximum Gasteiger partial charge on any atom is 0.268 e. The topological polar surface area (TPSA) is 72.5 Å². The Kier molecular flexibility index (Phi) is 3.72. The predicted octanol–water partition coefficient (Wildman–Crippen LogP) is 3.76. The van der Waals surface area contributed by atoms with Crippen LogP contribution in [-0.2, 0) is 4.57 Å². The molecule has 1 atom stereocenters. The first-order valence-corrected chi connectivity index (χ1v) is 10.0. The van der Waals surface area contributed by atoms with Crippen LogP contribution in [0.25, 0.3) is 22.3 Å². The van der Waals surface area contributed by atoms with Gasteiger partial charge in [0.25, 0.3) is 7.37 Å². The highest BCUT2D eigenvalue weighted by Gasteiger charge is 2.49. The summed E-state index contributed by atoms with van der Waals surface area (Å²) in [6.07, 6.45) is 0. The molecule has 0 fully saturated rings. The van der Waals surface area contributed by atoms with E-state index in [1.165, 1.54) is 7.11 Å². The van der Waals surface area contributed by atoms with Gasteiger partial charge in [-0.1, -0.05) is 59.7 Å². The molecule has 5 heteroatoms. The second-order valence-corrected chi connectivity index (χ2v) is 8.75. The highest BCUT2D eigenvalue weighted by molar-refractivity contribution is 7.77. The van der Waals surface area contributed by atoms with Gasteiger partial charge in [-0.25, -0.2) is 0 Å². The zero-order valence-corrected chi connectivity index (χ0v) is 15.8. The molecule has 0 aliphatic carbocycles. The zero-order chi connectivity index (χ0) is 18.6. The van der Waals surface area contributed by atoms with Crippen LogP contribution < -0.4 is 21.1 Å². The van der Waals surface area contributed by atoms with Gasteiger partial charge in [0, 0.05) is 11.1 Å². The van der Waals surface area contributed by atoms with E-state index in [0.717, 1.165) is 27.8 Å². The third kappa shape index (κ3) is 2.23. The Morgan fingerprint density at radius 3 is 1.77 bits per heavy atom. The molecule has 3 aromatic carbocycles. The lowest BCUT2D eigenvalue weighted by Gasteiger charge is -2.34. The van der Waals surface area contributed by atoms with Crippen molar-refractivity contribution in [2.45, 2.75) is 13.8 Å². The fourth-order valence-electron chi connectivity index (χ4n) is 3.58. The monoisotopic (exact) mass is 365 g/mol. The number of aryl methyl sites for hydroxylation is 2. The summed E-state index contributed by atoms with van der Waals surface area (Å²) >= 11 is 0. The third-order valence-corrected chi connectivity index (χ3v) is 7.02. The predicted molar refractivity (Wildman–Crippen MR) is 107 cm³/mol. The van der Waals surface area contributed by atoms with Gasteiger partial charge in [-0.15, -0.1) is 0 Å². The van der Waals surface area contributed by atoms with Crippen LogP contribution in [0, 0.1) is 13.8 Å². The number of ether oxygens (including phenoxy) is 1. The molecule has 2 heterocycles. The average Bonchev–Trinajstić information content (AvgIpc) is 2.61. The van der Waals surface area contributed by atoms with Gasteiger partial charge in [0.1, 0.15) is 11.1 Å². The number of anilines is 1. The molecule has 0 aromatic heterocycles.